The molecule has 0 aliphatic carbocycles. The molecule has 2 aromatic rings. The van der Waals surface area contributed by atoms with E-state index >= 15 is 0 Å². The van der Waals surface area contributed by atoms with Gasteiger partial charge in [0.25, 0.3) is 0 Å². The van der Waals surface area contributed by atoms with Gasteiger partial charge in [-0.25, -0.2) is 0 Å². The van der Waals surface area contributed by atoms with E-state index in [2.05, 4.69) is 6.92 Å². The summed E-state index contributed by atoms with van der Waals surface area (Å²) >= 11 is 0. The van der Waals surface area contributed by atoms with Crippen LogP contribution in [-0.2, 0) is 11.0 Å². The zero-order chi connectivity index (χ0) is 15.5. The van der Waals surface area contributed by atoms with Crippen molar-refractivity contribution in [3.05, 3.63) is 48.0 Å². The van der Waals surface area contributed by atoms with E-state index in [-0.39, 0.29) is 16.6 Å². The first kappa shape index (κ1) is 15.8. The second-order valence-electron chi connectivity index (χ2n) is 5.02. The minimum atomic E-state index is -4.44. The van der Waals surface area contributed by atoms with E-state index in [1.165, 1.54) is 23.8 Å². The van der Waals surface area contributed by atoms with Crippen molar-refractivity contribution in [2.75, 3.05) is 0 Å². The molecule has 0 amide bonds. The van der Waals surface area contributed by atoms with Gasteiger partial charge in [-0.15, -0.1) is 0 Å². The van der Waals surface area contributed by atoms with Gasteiger partial charge in [-0.05, 0) is 36.1 Å². The Morgan fingerprint density at radius 1 is 1.05 bits per heavy atom. The molecule has 5 heteroatoms. The lowest BCUT2D eigenvalue weighted by atomic mass is 10.0. The number of aryl methyl sites for hydroxylation is 1. The van der Waals surface area contributed by atoms with Gasteiger partial charge in [0.15, 0.2) is 0 Å². The Morgan fingerprint density at radius 2 is 1.71 bits per heavy atom. The summed E-state index contributed by atoms with van der Waals surface area (Å²) in [5, 5.41) is 9.83. The lowest BCUT2D eigenvalue weighted by molar-refractivity contribution is 0.387. The van der Waals surface area contributed by atoms with Gasteiger partial charge in [0.1, 0.15) is 5.75 Å². The Kier molecular flexibility index (Phi) is 4.84. The third kappa shape index (κ3) is 3.73. The largest absolute Gasteiger partial charge is 0.507 e. The molecule has 0 radical (unpaired) electrons. The van der Waals surface area contributed by atoms with Crippen molar-refractivity contribution in [3.63, 3.8) is 0 Å². The molecular formula is C16H19O4P. The second kappa shape index (κ2) is 6.44. The van der Waals surface area contributed by atoms with Crippen molar-refractivity contribution in [3.8, 4) is 16.9 Å². The highest BCUT2D eigenvalue weighted by Crippen LogP contribution is 2.41. The molecule has 0 heterocycles. The summed E-state index contributed by atoms with van der Waals surface area (Å²) in [5.74, 6) is -0.128. The lowest BCUT2D eigenvalue weighted by Crippen LogP contribution is -2.07. The maximum absolute atomic E-state index is 11.6. The summed E-state index contributed by atoms with van der Waals surface area (Å²) in [4.78, 5) is 18.9. The van der Waals surface area contributed by atoms with E-state index in [1.807, 2.05) is 12.1 Å². The number of aromatic hydroxyl groups is 1. The van der Waals surface area contributed by atoms with E-state index in [0.29, 0.717) is 5.56 Å². The fourth-order valence-corrected chi connectivity index (χ4v) is 3.10. The van der Waals surface area contributed by atoms with Gasteiger partial charge in [-0.3, -0.25) is 4.57 Å². The zero-order valence-electron chi connectivity index (χ0n) is 11.9. The second-order valence-corrected chi connectivity index (χ2v) is 6.59. The third-order valence-corrected chi connectivity index (χ3v) is 4.40. The molecule has 0 unspecified atom stereocenters. The number of phenolic OH excluding ortho intramolecular Hbond substituents is 1. The maximum Gasteiger partial charge on any atom is 0.356 e. The average Bonchev–Trinajstić information content (AvgIpc) is 2.44. The Balaban J connectivity index is 2.45. The minimum absolute atomic E-state index is 0.128. The summed E-state index contributed by atoms with van der Waals surface area (Å²) in [6, 6.07) is 11.7. The standard InChI is InChI=1S/C16H19O4P/c1-2-3-5-12-8-10-13(11-9-12)16-14(17)6-4-7-15(16)21(18,19)20/h4,6-11,17H,2-3,5H2,1H3,(H2,18,19,20). The summed E-state index contributed by atoms with van der Waals surface area (Å²) in [6.07, 6.45) is 3.19. The van der Waals surface area contributed by atoms with Crippen molar-refractivity contribution in [2.45, 2.75) is 26.2 Å². The number of hydrogen-bond acceptors (Lipinski definition) is 2. The van der Waals surface area contributed by atoms with Gasteiger partial charge in [0.05, 0.1) is 5.30 Å². The van der Waals surface area contributed by atoms with Gasteiger partial charge in [0.2, 0.25) is 0 Å². The van der Waals surface area contributed by atoms with Crippen LogP contribution in [0.25, 0.3) is 11.1 Å². The first-order valence-corrected chi connectivity index (χ1v) is 8.52. The van der Waals surface area contributed by atoms with Crippen LogP contribution in [0.3, 0.4) is 0 Å². The number of rotatable bonds is 5. The monoisotopic (exact) mass is 306 g/mol. The first-order chi connectivity index (χ1) is 9.93. The van der Waals surface area contributed by atoms with Crippen molar-refractivity contribution in [1.29, 1.82) is 0 Å². The van der Waals surface area contributed by atoms with Crippen LogP contribution in [0.4, 0.5) is 0 Å². The van der Waals surface area contributed by atoms with Crippen LogP contribution < -0.4 is 5.30 Å². The summed E-state index contributed by atoms with van der Waals surface area (Å²) < 4.78 is 11.6. The molecular weight excluding hydrogens is 287 g/mol. The molecule has 0 aromatic heterocycles. The number of hydrogen-bond donors (Lipinski definition) is 3. The van der Waals surface area contributed by atoms with Crippen LogP contribution in [0.5, 0.6) is 5.75 Å². The topological polar surface area (TPSA) is 77.8 Å². The Labute approximate surface area is 124 Å². The molecule has 0 spiro atoms. The highest BCUT2D eigenvalue weighted by molar-refractivity contribution is 7.60. The third-order valence-electron chi connectivity index (χ3n) is 3.40. The van der Waals surface area contributed by atoms with Crippen LogP contribution >= 0.6 is 7.60 Å². The van der Waals surface area contributed by atoms with Gasteiger partial charge < -0.3 is 14.9 Å². The quantitative estimate of drug-likeness (QED) is 0.741. The zero-order valence-corrected chi connectivity index (χ0v) is 12.8. The molecule has 0 bridgehead atoms. The summed E-state index contributed by atoms with van der Waals surface area (Å²) in [6.45, 7) is 2.13. The van der Waals surface area contributed by atoms with Crippen LogP contribution in [0.15, 0.2) is 42.5 Å². The molecule has 4 nitrogen and oxygen atoms in total. The van der Waals surface area contributed by atoms with E-state index in [1.54, 1.807) is 12.1 Å². The van der Waals surface area contributed by atoms with Crippen LogP contribution in [-0.4, -0.2) is 14.9 Å². The molecule has 112 valence electrons. The molecule has 0 aliphatic heterocycles. The van der Waals surface area contributed by atoms with Gasteiger partial charge in [-0.1, -0.05) is 43.7 Å². The minimum Gasteiger partial charge on any atom is -0.507 e. The summed E-state index contributed by atoms with van der Waals surface area (Å²) in [5.41, 5.74) is 1.98. The van der Waals surface area contributed by atoms with E-state index in [4.69, 9.17) is 0 Å². The lowest BCUT2D eigenvalue weighted by Gasteiger charge is -2.13. The predicted octanol–water partition coefficient (Wildman–Crippen LogP) is 3.20. The van der Waals surface area contributed by atoms with Crippen molar-refractivity contribution < 1.29 is 19.5 Å². The van der Waals surface area contributed by atoms with Crippen molar-refractivity contribution in [1.82, 2.24) is 0 Å². The van der Waals surface area contributed by atoms with E-state index in [9.17, 15) is 19.5 Å². The Hall–Kier alpha value is -1.61. The molecule has 2 aromatic carbocycles. The van der Waals surface area contributed by atoms with Crippen molar-refractivity contribution >= 4 is 12.9 Å². The molecule has 0 saturated carbocycles. The smallest absolute Gasteiger partial charge is 0.356 e. The van der Waals surface area contributed by atoms with Crippen LogP contribution in [0.2, 0.25) is 0 Å². The normalized spacial score (nSPS) is 11.6. The fraction of sp³-hybridized carbons (Fsp3) is 0.250. The Morgan fingerprint density at radius 3 is 2.29 bits per heavy atom. The van der Waals surface area contributed by atoms with Crippen molar-refractivity contribution in [2.24, 2.45) is 0 Å². The molecule has 2 rings (SSSR count). The van der Waals surface area contributed by atoms with Crippen LogP contribution in [0, 0.1) is 0 Å². The SMILES string of the molecule is CCCCc1ccc(-c2c(O)cccc2P(=O)(O)O)cc1. The number of unbranched alkanes of at least 4 members (excludes halogenated alkanes) is 1. The van der Waals surface area contributed by atoms with Gasteiger partial charge in [0, 0.05) is 5.56 Å². The van der Waals surface area contributed by atoms with Crippen LogP contribution in [0.1, 0.15) is 25.3 Å². The molecule has 3 N–H and O–H groups in total. The van der Waals surface area contributed by atoms with E-state index < -0.39 is 7.60 Å². The highest BCUT2D eigenvalue weighted by Gasteiger charge is 2.24. The molecule has 0 saturated heterocycles. The Bertz CT molecular complexity index is 658. The predicted molar refractivity (Wildman–Crippen MR) is 83.8 cm³/mol. The number of benzene rings is 2. The highest BCUT2D eigenvalue weighted by atomic mass is 31.2. The molecule has 0 fully saturated rings. The molecule has 0 aliphatic rings. The van der Waals surface area contributed by atoms with E-state index in [0.717, 1.165) is 19.3 Å². The average molecular weight is 306 g/mol. The molecule has 21 heavy (non-hydrogen) atoms. The summed E-state index contributed by atoms with van der Waals surface area (Å²) in [7, 11) is -4.44. The molecule has 0 atom stereocenters. The van der Waals surface area contributed by atoms with Gasteiger partial charge >= 0.3 is 7.60 Å². The maximum atomic E-state index is 11.6. The number of phenols is 1. The van der Waals surface area contributed by atoms with Gasteiger partial charge in [-0.2, -0.15) is 0 Å². The first-order valence-electron chi connectivity index (χ1n) is 6.91. The fourth-order valence-electron chi connectivity index (χ4n) is 2.29.